The van der Waals surface area contributed by atoms with Crippen LogP contribution in [0.5, 0.6) is 5.75 Å². The van der Waals surface area contributed by atoms with Crippen LogP contribution in [0.2, 0.25) is 5.02 Å². The molecular weight excluding hydrogens is 621 g/mol. The van der Waals surface area contributed by atoms with Gasteiger partial charge in [-0.2, -0.15) is 13.2 Å². The summed E-state index contributed by atoms with van der Waals surface area (Å²) >= 11 is 6.05. The van der Waals surface area contributed by atoms with Gasteiger partial charge in [0.25, 0.3) is 5.91 Å². The van der Waals surface area contributed by atoms with Crippen LogP contribution in [-0.2, 0) is 44.3 Å². The molecule has 0 saturated carbocycles. The van der Waals surface area contributed by atoms with Gasteiger partial charge in [0, 0.05) is 16.1 Å². The van der Waals surface area contributed by atoms with Crippen LogP contribution in [0.4, 0.5) is 23.2 Å². The first-order valence-electron chi connectivity index (χ1n) is 13.0. The van der Waals surface area contributed by atoms with Gasteiger partial charge in [-0.1, -0.05) is 17.7 Å². The summed E-state index contributed by atoms with van der Waals surface area (Å²) in [6.07, 6.45) is -5.32. The molecule has 9 nitrogen and oxygen atoms in total. The number of hydrogen-bond acceptors (Lipinski definition) is 8. The number of rotatable bonds is 10. The third kappa shape index (κ3) is 8.27. The average Bonchev–Trinajstić information content (AvgIpc) is 3.06. The Hall–Kier alpha value is -2.70. The molecule has 0 spiro atoms. The van der Waals surface area contributed by atoms with Gasteiger partial charge in [-0.15, -0.1) is 0 Å². The molecule has 1 unspecified atom stereocenters. The van der Waals surface area contributed by atoms with Gasteiger partial charge in [0.15, 0.2) is 6.73 Å². The summed E-state index contributed by atoms with van der Waals surface area (Å²) in [6.45, 7) is 8.34. The second-order valence-electron chi connectivity index (χ2n) is 11.5. The van der Waals surface area contributed by atoms with Crippen LogP contribution in [0.3, 0.4) is 0 Å². The minimum absolute atomic E-state index is 0.0436. The molecule has 1 aliphatic rings. The number of phosphoric ester groups is 1. The highest BCUT2D eigenvalue weighted by Crippen LogP contribution is 2.55. The molecule has 15 heteroatoms. The molecule has 0 fully saturated rings. The predicted molar refractivity (Wildman–Crippen MR) is 150 cm³/mol. The lowest BCUT2D eigenvalue weighted by Gasteiger charge is -2.30. The maximum Gasteiger partial charge on any atom is 0.475 e. The summed E-state index contributed by atoms with van der Waals surface area (Å²) in [5.74, 6) is -2.40. The van der Waals surface area contributed by atoms with Crippen LogP contribution in [0.15, 0.2) is 36.4 Å². The smallest absolute Gasteiger partial charge is 0.475 e. The van der Waals surface area contributed by atoms with Gasteiger partial charge >= 0.3 is 20.0 Å². The van der Waals surface area contributed by atoms with Crippen molar-refractivity contribution in [3.63, 3.8) is 0 Å². The number of carbonyl (C=O) groups excluding carboxylic acids is 2. The monoisotopic (exact) mass is 653 g/mol. The number of carbonyl (C=O) groups is 2. The number of phosphoric acid groups is 1. The molecule has 1 aliphatic heterocycles. The number of benzene rings is 2. The molecule has 0 aromatic heterocycles. The summed E-state index contributed by atoms with van der Waals surface area (Å²) in [6, 6.07) is 5.90. The molecule has 0 N–H and O–H groups in total. The van der Waals surface area contributed by atoms with Crippen molar-refractivity contribution in [1.82, 2.24) is 0 Å². The van der Waals surface area contributed by atoms with Crippen molar-refractivity contribution < 1.29 is 54.8 Å². The van der Waals surface area contributed by atoms with E-state index in [-0.39, 0.29) is 16.3 Å². The van der Waals surface area contributed by atoms with E-state index in [0.717, 1.165) is 12.1 Å². The average molecular weight is 654 g/mol. The molecule has 0 bridgehead atoms. The van der Waals surface area contributed by atoms with Crippen molar-refractivity contribution >= 4 is 37.0 Å². The van der Waals surface area contributed by atoms with E-state index >= 15 is 4.39 Å². The Morgan fingerprint density at radius 2 is 1.58 bits per heavy atom. The van der Waals surface area contributed by atoms with Crippen molar-refractivity contribution in [3.8, 4) is 5.75 Å². The van der Waals surface area contributed by atoms with E-state index in [9.17, 15) is 27.3 Å². The molecule has 238 valence electrons. The molecule has 1 atom stereocenters. The molecule has 0 aliphatic carbocycles. The number of amides is 1. The van der Waals surface area contributed by atoms with Crippen molar-refractivity contribution in [2.75, 3.05) is 25.3 Å². The van der Waals surface area contributed by atoms with E-state index in [1.807, 2.05) is 0 Å². The van der Waals surface area contributed by atoms with Crippen LogP contribution in [0.1, 0.15) is 64.7 Å². The van der Waals surface area contributed by atoms with Crippen molar-refractivity contribution in [3.05, 3.63) is 58.1 Å². The number of anilines is 1. The summed E-state index contributed by atoms with van der Waals surface area (Å²) in [5.41, 5.74) is -7.26. The Labute approximate surface area is 251 Å². The predicted octanol–water partition coefficient (Wildman–Crippen LogP) is 7.57. The van der Waals surface area contributed by atoms with Gasteiger partial charge in [-0.05, 0) is 71.9 Å². The van der Waals surface area contributed by atoms with Crippen LogP contribution in [0.25, 0.3) is 0 Å². The fourth-order valence-electron chi connectivity index (χ4n) is 4.16. The Bertz CT molecular complexity index is 1400. The normalized spacial score (nSPS) is 17.7. The zero-order valence-corrected chi connectivity index (χ0v) is 26.3. The lowest BCUT2D eigenvalue weighted by Crippen LogP contribution is -2.40. The molecule has 1 amide bonds. The van der Waals surface area contributed by atoms with E-state index in [1.165, 1.54) is 19.2 Å². The highest BCUT2D eigenvalue weighted by molar-refractivity contribution is 7.48. The van der Waals surface area contributed by atoms with Crippen molar-refractivity contribution in [2.24, 2.45) is 0 Å². The fourth-order valence-corrected chi connectivity index (χ4v) is 6.13. The molecule has 0 saturated heterocycles. The first-order valence-corrected chi connectivity index (χ1v) is 14.8. The van der Waals surface area contributed by atoms with E-state index in [0.29, 0.717) is 17.0 Å². The quantitative estimate of drug-likeness (QED) is 0.147. The number of fused-ring (bicyclic) bond motifs is 1. The number of hydrogen-bond donors (Lipinski definition) is 0. The van der Waals surface area contributed by atoms with E-state index in [1.54, 1.807) is 41.5 Å². The minimum atomic E-state index is -4.81. The second kappa shape index (κ2) is 12.4. The van der Waals surface area contributed by atoms with Crippen molar-refractivity contribution in [2.45, 2.75) is 71.0 Å². The van der Waals surface area contributed by atoms with Crippen LogP contribution >= 0.6 is 19.4 Å². The largest absolute Gasteiger partial charge is 0.496 e. The third-order valence-electron chi connectivity index (χ3n) is 5.74. The van der Waals surface area contributed by atoms with Crippen LogP contribution in [0, 0.1) is 0 Å². The fraction of sp³-hybridized carbons (Fsp3) is 0.500. The van der Waals surface area contributed by atoms with Gasteiger partial charge < -0.3 is 9.47 Å². The first kappa shape index (κ1) is 34.8. The molecule has 43 heavy (non-hydrogen) atoms. The Kier molecular flexibility index (Phi) is 10.00. The van der Waals surface area contributed by atoms with E-state index < -0.39 is 79.3 Å². The highest BCUT2D eigenvalue weighted by atomic mass is 35.5. The van der Waals surface area contributed by atoms with E-state index in [2.05, 4.69) is 0 Å². The highest BCUT2D eigenvalue weighted by Gasteiger charge is 2.55. The number of esters is 1. The number of ether oxygens (including phenoxy) is 2. The van der Waals surface area contributed by atoms with Gasteiger partial charge in [-0.3, -0.25) is 28.1 Å². The van der Waals surface area contributed by atoms with Gasteiger partial charge in [0.05, 0.1) is 42.6 Å². The standard InChI is InChI=1S/C28H33ClF4NO8P/c1-25(2,3)41-43(37,42-26(4,5)6)40-13-12-23(35)39-16-34-21-14-17(28(31,32)33)8-10-19(21)27(30,24(34)36)20-15-18(29)9-11-22(20)38-7/h8-11,14-15H,12-13,16H2,1-7H3. The Balaban J connectivity index is 1.85. The molecule has 2 aromatic rings. The van der Waals surface area contributed by atoms with Gasteiger partial charge in [0.2, 0.25) is 5.67 Å². The lowest BCUT2D eigenvalue weighted by atomic mass is 9.88. The zero-order chi connectivity index (χ0) is 32.6. The second-order valence-corrected chi connectivity index (χ2v) is 13.5. The van der Waals surface area contributed by atoms with Crippen molar-refractivity contribution in [1.29, 1.82) is 0 Å². The Morgan fingerprint density at radius 1 is 0.977 bits per heavy atom. The summed E-state index contributed by atoms with van der Waals surface area (Å²) < 4.78 is 97.1. The molecule has 0 radical (unpaired) electrons. The SMILES string of the molecule is COc1ccc(Cl)cc1C1(F)C(=O)N(COC(=O)CCOP(=O)(OC(C)(C)C)OC(C)(C)C)c2cc(C(F)(F)F)ccc21. The summed E-state index contributed by atoms with van der Waals surface area (Å²) in [5, 5.41) is 0.0436. The molecule has 3 rings (SSSR count). The minimum Gasteiger partial charge on any atom is -0.496 e. The molecular formula is C28H33ClF4NO8P. The van der Waals surface area contributed by atoms with Gasteiger partial charge in [0.1, 0.15) is 5.75 Å². The topological polar surface area (TPSA) is 101 Å². The third-order valence-corrected chi connectivity index (χ3v) is 8.02. The van der Waals surface area contributed by atoms with Crippen LogP contribution in [-0.4, -0.2) is 43.5 Å². The van der Waals surface area contributed by atoms with E-state index in [4.69, 9.17) is 34.6 Å². The van der Waals surface area contributed by atoms with Gasteiger partial charge in [-0.25, -0.2) is 8.96 Å². The zero-order valence-electron chi connectivity index (χ0n) is 24.6. The number of methoxy groups -OCH3 is 1. The van der Waals surface area contributed by atoms with Crippen LogP contribution < -0.4 is 9.64 Å². The lowest BCUT2D eigenvalue weighted by molar-refractivity contribution is -0.145. The molecule has 2 aromatic carbocycles. The summed E-state index contributed by atoms with van der Waals surface area (Å²) in [7, 11) is -2.92. The number of nitrogens with zero attached hydrogens (tertiary/aromatic N) is 1. The molecule has 1 heterocycles. The summed E-state index contributed by atoms with van der Waals surface area (Å²) in [4.78, 5) is 26.7. The number of alkyl halides is 4. The number of halogens is 5. The maximum absolute atomic E-state index is 16.8. The Morgan fingerprint density at radius 3 is 2.12 bits per heavy atom. The first-order chi connectivity index (χ1) is 19.6. The maximum atomic E-state index is 16.8.